The molecule has 1 amide bonds. The SMILES string of the molecule is CCOc1ccccc1NC(=O)[C@@H](C)OC(=O)c1ccc([N+](=O)[O-])cc1Cl. The molecule has 0 aliphatic heterocycles. The van der Waals surface area contributed by atoms with Gasteiger partial charge in [-0.15, -0.1) is 0 Å². The number of nitrogens with zero attached hydrogens (tertiary/aromatic N) is 1. The molecule has 0 spiro atoms. The van der Waals surface area contributed by atoms with Crippen LogP contribution < -0.4 is 10.1 Å². The minimum Gasteiger partial charge on any atom is -0.492 e. The number of benzene rings is 2. The van der Waals surface area contributed by atoms with Crippen LogP contribution in [0.25, 0.3) is 0 Å². The Kier molecular flexibility index (Phi) is 6.73. The van der Waals surface area contributed by atoms with Crippen LogP contribution in [0, 0.1) is 10.1 Å². The summed E-state index contributed by atoms with van der Waals surface area (Å²) in [6.07, 6.45) is -1.13. The number of esters is 1. The molecule has 0 unspecified atom stereocenters. The number of para-hydroxylation sites is 2. The van der Waals surface area contributed by atoms with Crippen LogP contribution in [0.5, 0.6) is 5.75 Å². The Hall–Kier alpha value is -3.13. The molecule has 0 heterocycles. The molecular weight excluding hydrogens is 376 g/mol. The molecule has 1 N–H and O–H groups in total. The zero-order valence-electron chi connectivity index (χ0n) is 14.6. The molecule has 1 atom stereocenters. The van der Waals surface area contributed by atoms with Crippen molar-refractivity contribution in [1.29, 1.82) is 0 Å². The summed E-state index contributed by atoms with van der Waals surface area (Å²) in [7, 11) is 0. The van der Waals surface area contributed by atoms with Crippen molar-refractivity contribution in [2.45, 2.75) is 20.0 Å². The Morgan fingerprint density at radius 1 is 1.26 bits per heavy atom. The van der Waals surface area contributed by atoms with Crippen molar-refractivity contribution in [2.75, 3.05) is 11.9 Å². The number of non-ortho nitro benzene ring substituents is 1. The molecule has 0 fully saturated rings. The van der Waals surface area contributed by atoms with Gasteiger partial charge < -0.3 is 14.8 Å². The van der Waals surface area contributed by atoms with E-state index in [-0.39, 0.29) is 16.3 Å². The van der Waals surface area contributed by atoms with Crippen molar-refractivity contribution in [1.82, 2.24) is 0 Å². The lowest BCUT2D eigenvalue weighted by Gasteiger charge is -2.16. The number of rotatable bonds is 7. The van der Waals surface area contributed by atoms with Gasteiger partial charge in [0.1, 0.15) is 5.75 Å². The highest BCUT2D eigenvalue weighted by Crippen LogP contribution is 2.25. The van der Waals surface area contributed by atoms with Gasteiger partial charge in [0.05, 0.1) is 27.8 Å². The zero-order chi connectivity index (χ0) is 20.0. The second-order valence-electron chi connectivity index (χ2n) is 5.39. The topological polar surface area (TPSA) is 108 Å². The second kappa shape index (κ2) is 9.00. The first-order valence-corrected chi connectivity index (χ1v) is 8.39. The number of anilines is 1. The molecule has 0 aromatic heterocycles. The minimum absolute atomic E-state index is 0.0726. The fraction of sp³-hybridized carbons (Fsp3) is 0.222. The third-order valence-electron chi connectivity index (χ3n) is 3.48. The van der Waals surface area contributed by atoms with Gasteiger partial charge >= 0.3 is 5.97 Å². The lowest BCUT2D eigenvalue weighted by Crippen LogP contribution is -2.30. The average molecular weight is 393 g/mol. The molecule has 0 bridgehead atoms. The molecule has 9 heteroatoms. The minimum atomic E-state index is -1.13. The van der Waals surface area contributed by atoms with Crippen molar-refractivity contribution in [3.63, 3.8) is 0 Å². The van der Waals surface area contributed by atoms with Gasteiger partial charge in [-0.25, -0.2) is 4.79 Å². The molecule has 8 nitrogen and oxygen atoms in total. The largest absolute Gasteiger partial charge is 0.492 e. The molecule has 0 aliphatic carbocycles. The van der Waals surface area contributed by atoms with E-state index in [1.807, 2.05) is 6.92 Å². The first kappa shape index (κ1) is 20.2. The smallest absolute Gasteiger partial charge is 0.340 e. The van der Waals surface area contributed by atoms with Gasteiger partial charge in [-0.05, 0) is 32.0 Å². The maximum atomic E-state index is 12.3. The zero-order valence-corrected chi connectivity index (χ0v) is 15.4. The Labute approximate surface area is 160 Å². The number of halogens is 1. The third-order valence-corrected chi connectivity index (χ3v) is 3.79. The van der Waals surface area contributed by atoms with E-state index in [0.717, 1.165) is 12.1 Å². The van der Waals surface area contributed by atoms with Crippen molar-refractivity contribution in [3.05, 3.63) is 63.2 Å². The van der Waals surface area contributed by atoms with E-state index < -0.39 is 22.9 Å². The fourth-order valence-corrected chi connectivity index (χ4v) is 2.40. The first-order chi connectivity index (χ1) is 12.8. The summed E-state index contributed by atoms with van der Waals surface area (Å²) in [5.74, 6) is -0.936. The van der Waals surface area contributed by atoms with E-state index >= 15 is 0 Å². The standard InChI is InChI=1S/C18H17ClN2O6/c1-3-26-16-7-5-4-6-15(16)20-17(22)11(2)27-18(23)13-9-8-12(21(24)25)10-14(13)19/h4-11H,3H2,1-2H3,(H,20,22)/t11-/m1/s1. The Morgan fingerprint density at radius 3 is 2.59 bits per heavy atom. The number of nitro groups is 1. The number of hydrogen-bond donors (Lipinski definition) is 1. The molecule has 27 heavy (non-hydrogen) atoms. The summed E-state index contributed by atoms with van der Waals surface area (Å²) in [6.45, 7) is 3.64. The van der Waals surface area contributed by atoms with E-state index in [9.17, 15) is 19.7 Å². The van der Waals surface area contributed by atoms with Gasteiger partial charge in [0.15, 0.2) is 6.10 Å². The van der Waals surface area contributed by atoms with E-state index in [1.54, 1.807) is 24.3 Å². The molecule has 2 aromatic carbocycles. The number of hydrogen-bond acceptors (Lipinski definition) is 6. The fourth-order valence-electron chi connectivity index (χ4n) is 2.15. The summed E-state index contributed by atoms with van der Waals surface area (Å²) in [4.78, 5) is 34.6. The van der Waals surface area contributed by atoms with E-state index in [4.69, 9.17) is 21.1 Å². The molecule has 142 valence electrons. The maximum absolute atomic E-state index is 12.3. The van der Waals surface area contributed by atoms with Crippen LogP contribution in [0.4, 0.5) is 11.4 Å². The molecular formula is C18H17ClN2O6. The lowest BCUT2D eigenvalue weighted by molar-refractivity contribution is -0.384. The third kappa shape index (κ3) is 5.18. The van der Waals surface area contributed by atoms with Crippen molar-refractivity contribution in [3.8, 4) is 5.75 Å². The summed E-state index contributed by atoms with van der Waals surface area (Å²) >= 11 is 5.89. The first-order valence-electron chi connectivity index (χ1n) is 8.01. The number of carbonyl (C=O) groups excluding carboxylic acids is 2. The summed E-state index contributed by atoms with van der Waals surface area (Å²) in [5.41, 5.74) is 0.118. The Morgan fingerprint density at radius 2 is 1.96 bits per heavy atom. The van der Waals surface area contributed by atoms with Crippen LogP contribution in [0.1, 0.15) is 24.2 Å². The van der Waals surface area contributed by atoms with Crippen LogP contribution in [0.15, 0.2) is 42.5 Å². The molecule has 0 saturated carbocycles. The number of carbonyl (C=O) groups is 2. The highest BCUT2D eigenvalue weighted by molar-refractivity contribution is 6.33. The summed E-state index contributed by atoms with van der Waals surface area (Å²) < 4.78 is 10.5. The molecule has 0 radical (unpaired) electrons. The van der Waals surface area contributed by atoms with E-state index in [1.165, 1.54) is 13.0 Å². The van der Waals surface area contributed by atoms with Crippen molar-refractivity contribution in [2.24, 2.45) is 0 Å². The summed E-state index contributed by atoms with van der Waals surface area (Å²) in [5, 5.41) is 13.2. The van der Waals surface area contributed by atoms with Crippen LogP contribution in [0.2, 0.25) is 5.02 Å². The number of ether oxygens (including phenoxy) is 2. The average Bonchev–Trinajstić information content (AvgIpc) is 2.63. The van der Waals surface area contributed by atoms with Crippen molar-refractivity contribution < 1.29 is 24.0 Å². The predicted octanol–water partition coefficient (Wildman–Crippen LogP) is 3.83. The number of nitrogens with one attached hydrogen (secondary N) is 1. The highest BCUT2D eigenvalue weighted by Gasteiger charge is 2.22. The van der Waals surface area contributed by atoms with E-state index in [0.29, 0.717) is 18.0 Å². The summed E-state index contributed by atoms with van der Waals surface area (Å²) in [6, 6.07) is 10.2. The van der Waals surface area contributed by atoms with Crippen LogP contribution in [-0.4, -0.2) is 29.5 Å². The van der Waals surface area contributed by atoms with Gasteiger partial charge in [0.25, 0.3) is 11.6 Å². The Balaban J connectivity index is 2.06. The van der Waals surface area contributed by atoms with Crippen LogP contribution in [-0.2, 0) is 9.53 Å². The van der Waals surface area contributed by atoms with Gasteiger partial charge in [-0.3, -0.25) is 14.9 Å². The molecule has 2 rings (SSSR count). The van der Waals surface area contributed by atoms with Crippen molar-refractivity contribution >= 4 is 34.9 Å². The normalized spacial score (nSPS) is 11.4. The van der Waals surface area contributed by atoms with Crippen LogP contribution in [0.3, 0.4) is 0 Å². The predicted molar refractivity (Wildman–Crippen MR) is 99.2 cm³/mol. The molecule has 2 aromatic rings. The van der Waals surface area contributed by atoms with E-state index in [2.05, 4.69) is 5.32 Å². The van der Waals surface area contributed by atoms with Gasteiger partial charge in [-0.2, -0.15) is 0 Å². The maximum Gasteiger partial charge on any atom is 0.340 e. The van der Waals surface area contributed by atoms with Gasteiger partial charge in [0.2, 0.25) is 0 Å². The molecule has 0 aliphatic rings. The molecule has 0 saturated heterocycles. The monoisotopic (exact) mass is 392 g/mol. The van der Waals surface area contributed by atoms with Gasteiger partial charge in [0, 0.05) is 12.1 Å². The lowest BCUT2D eigenvalue weighted by atomic mass is 10.2. The van der Waals surface area contributed by atoms with Crippen LogP contribution >= 0.6 is 11.6 Å². The highest BCUT2D eigenvalue weighted by atomic mass is 35.5. The second-order valence-corrected chi connectivity index (χ2v) is 5.79. The number of nitro benzene ring substituents is 1. The van der Waals surface area contributed by atoms with Gasteiger partial charge in [-0.1, -0.05) is 23.7 Å². The number of amides is 1. The Bertz CT molecular complexity index is 871. The quantitative estimate of drug-likeness (QED) is 0.436.